The summed E-state index contributed by atoms with van der Waals surface area (Å²) >= 11 is 0. The van der Waals surface area contributed by atoms with Gasteiger partial charge in [0, 0.05) is 13.0 Å². The van der Waals surface area contributed by atoms with E-state index in [-0.39, 0.29) is 26.2 Å². The van der Waals surface area contributed by atoms with Gasteiger partial charge in [0.1, 0.15) is 19.3 Å². The molecule has 0 saturated heterocycles. The summed E-state index contributed by atoms with van der Waals surface area (Å²) in [4.78, 5) is 25.0. The molecule has 0 aromatic heterocycles. The summed E-state index contributed by atoms with van der Waals surface area (Å²) < 4.78 is 34.5. The van der Waals surface area contributed by atoms with Crippen LogP contribution in [0.3, 0.4) is 0 Å². The van der Waals surface area contributed by atoms with Crippen LogP contribution in [0.4, 0.5) is 0 Å². The Hall–Kier alpha value is -1.54. The maximum Gasteiger partial charge on any atom is 0.306 e. The van der Waals surface area contributed by atoms with Gasteiger partial charge in [0.2, 0.25) is 0 Å². The van der Waals surface area contributed by atoms with Crippen molar-refractivity contribution >= 4 is 13.8 Å². The molecule has 0 N–H and O–H groups in total. The molecule has 0 bridgehead atoms. The Balaban J connectivity index is 4.17. The van der Waals surface area contributed by atoms with E-state index in [2.05, 4.69) is 50.3 Å². The fraction of sp³-hybridized carbons (Fsp3) is 0.812. The lowest BCUT2D eigenvalue weighted by Crippen LogP contribution is -2.37. The van der Waals surface area contributed by atoms with E-state index in [0.717, 1.165) is 38.5 Å². The highest BCUT2D eigenvalue weighted by atomic mass is 31.2. The Labute approximate surface area is 352 Å². The molecule has 9 heteroatoms. The van der Waals surface area contributed by atoms with Gasteiger partial charge in [0.25, 0.3) is 7.82 Å². The lowest BCUT2D eigenvalue weighted by Gasteiger charge is -2.28. The molecule has 0 aliphatic rings. The summed E-state index contributed by atoms with van der Waals surface area (Å²) in [6.07, 6.45) is 50.2. The van der Waals surface area contributed by atoms with E-state index >= 15 is 0 Å². The number of hydrogen-bond donors (Lipinski definition) is 0. The third-order valence-corrected chi connectivity index (χ3v) is 10.9. The fourth-order valence-corrected chi connectivity index (χ4v) is 7.05. The number of carbonyl (C=O) groups excluding carboxylic acids is 1. The van der Waals surface area contributed by atoms with Crippen molar-refractivity contribution in [2.45, 2.75) is 200 Å². The third kappa shape index (κ3) is 45.4. The van der Waals surface area contributed by atoms with Gasteiger partial charge in [-0.1, -0.05) is 197 Å². The second kappa shape index (κ2) is 41.2. The quantitative estimate of drug-likeness (QED) is 0.0199. The fourth-order valence-electron chi connectivity index (χ4n) is 6.33. The van der Waals surface area contributed by atoms with Crippen LogP contribution >= 0.6 is 7.82 Å². The molecule has 0 heterocycles. The monoisotopic (exact) mass is 824 g/mol. The van der Waals surface area contributed by atoms with Gasteiger partial charge in [-0.05, 0) is 38.5 Å². The molecular weight excluding hydrogens is 734 g/mol. The molecular formula is C48H90NO7P. The average Bonchev–Trinajstić information content (AvgIpc) is 3.16. The van der Waals surface area contributed by atoms with Crippen molar-refractivity contribution in [1.29, 1.82) is 0 Å². The molecule has 334 valence electrons. The van der Waals surface area contributed by atoms with Gasteiger partial charge in [-0.3, -0.25) is 9.36 Å². The summed E-state index contributed by atoms with van der Waals surface area (Å²) in [6.45, 7) is 5.22. The highest BCUT2D eigenvalue weighted by Crippen LogP contribution is 2.38. The zero-order valence-electron chi connectivity index (χ0n) is 37.8. The van der Waals surface area contributed by atoms with Gasteiger partial charge in [-0.15, -0.1) is 0 Å². The predicted molar refractivity (Wildman–Crippen MR) is 240 cm³/mol. The first-order valence-corrected chi connectivity index (χ1v) is 24.8. The number of likely N-dealkylation sites (N-methyl/N-ethyl adjacent to an activating group) is 1. The molecule has 0 rings (SSSR count). The lowest BCUT2D eigenvalue weighted by atomic mass is 10.0. The number of esters is 1. The molecule has 0 amide bonds. The number of hydrogen-bond acceptors (Lipinski definition) is 7. The first-order valence-electron chi connectivity index (χ1n) is 23.4. The number of unbranched alkanes of at least 4 members (excludes halogenated alkanes) is 21. The van der Waals surface area contributed by atoms with Crippen molar-refractivity contribution < 1.29 is 37.3 Å². The maximum atomic E-state index is 12.6. The van der Waals surface area contributed by atoms with Crippen molar-refractivity contribution in [2.24, 2.45) is 0 Å². The van der Waals surface area contributed by atoms with Crippen LogP contribution in [0.2, 0.25) is 0 Å². The molecule has 2 atom stereocenters. The predicted octanol–water partition coefficient (Wildman–Crippen LogP) is 13.3. The third-order valence-electron chi connectivity index (χ3n) is 9.91. The molecule has 0 aliphatic heterocycles. The van der Waals surface area contributed by atoms with Gasteiger partial charge in [-0.2, -0.15) is 0 Å². The summed E-state index contributed by atoms with van der Waals surface area (Å²) in [5, 5.41) is 0. The standard InChI is InChI=1S/C48H90NO7P/c1-6-8-10-12-14-16-18-20-21-22-23-24-25-26-27-28-30-32-34-36-38-40-43-53-45-47(46-55-57(51,52)54-44-42-49(3,4)5)56-48(50)41-39-37-35-33-31-29-19-17-15-13-11-9-7-2/h9,11,15,17,29,31,35,37,47H,6-8,10,12-14,16,18-28,30,32-34,36,38-46H2,1-5H3/b11-9-,17-15-,31-29-,37-35-. The number of ether oxygens (including phenoxy) is 2. The lowest BCUT2D eigenvalue weighted by molar-refractivity contribution is -0.870. The number of phosphoric acid groups is 1. The van der Waals surface area contributed by atoms with E-state index in [4.69, 9.17) is 18.5 Å². The van der Waals surface area contributed by atoms with Crippen LogP contribution in [0, 0.1) is 0 Å². The van der Waals surface area contributed by atoms with Gasteiger partial charge >= 0.3 is 5.97 Å². The molecule has 0 aromatic rings. The first-order chi connectivity index (χ1) is 27.6. The highest BCUT2D eigenvalue weighted by Gasteiger charge is 2.20. The largest absolute Gasteiger partial charge is 0.756 e. The highest BCUT2D eigenvalue weighted by molar-refractivity contribution is 7.45. The van der Waals surface area contributed by atoms with E-state index in [1.54, 1.807) is 0 Å². The molecule has 8 nitrogen and oxygen atoms in total. The number of phosphoric ester groups is 1. The van der Waals surface area contributed by atoms with Crippen molar-refractivity contribution in [3.05, 3.63) is 48.6 Å². The van der Waals surface area contributed by atoms with Crippen molar-refractivity contribution in [3.8, 4) is 0 Å². The minimum Gasteiger partial charge on any atom is -0.756 e. The molecule has 0 saturated carbocycles. The smallest absolute Gasteiger partial charge is 0.306 e. The number of quaternary nitrogens is 1. The van der Waals surface area contributed by atoms with E-state index in [0.29, 0.717) is 24.1 Å². The molecule has 57 heavy (non-hydrogen) atoms. The van der Waals surface area contributed by atoms with Gasteiger partial charge < -0.3 is 27.9 Å². The zero-order chi connectivity index (χ0) is 42.0. The summed E-state index contributed by atoms with van der Waals surface area (Å²) in [6, 6.07) is 0. The van der Waals surface area contributed by atoms with Crippen LogP contribution in [-0.4, -0.2) is 70.7 Å². The average molecular weight is 824 g/mol. The Morgan fingerprint density at radius 3 is 1.42 bits per heavy atom. The summed E-state index contributed by atoms with van der Waals surface area (Å²) in [7, 11) is 1.32. The minimum atomic E-state index is -4.54. The normalized spacial score (nSPS) is 14.1. The molecule has 0 aliphatic carbocycles. The topological polar surface area (TPSA) is 94.1 Å². The van der Waals surface area contributed by atoms with E-state index in [9.17, 15) is 14.3 Å². The van der Waals surface area contributed by atoms with Crippen LogP contribution in [0.15, 0.2) is 48.6 Å². The van der Waals surface area contributed by atoms with Gasteiger partial charge in [-0.25, -0.2) is 0 Å². The van der Waals surface area contributed by atoms with Crippen molar-refractivity contribution in [3.63, 3.8) is 0 Å². The van der Waals surface area contributed by atoms with Gasteiger partial charge in [0.05, 0.1) is 34.4 Å². The Morgan fingerprint density at radius 1 is 0.561 bits per heavy atom. The van der Waals surface area contributed by atoms with Crippen molar-refractivity contribution in [1.82, 2.24) is 0 Å². The molecule has 2 unspecified atom stereocenters. The van der Waals surface area contributed by atoms with Crippen molar-refractivity contribution in [2.75, 3.05) is 54.1 Å². The number of rotatable bonds is 43. The first kappa shape index (κ1) is 55.5. The number of carbonyl (C=O) groups is 1. The van der Waals surface area contributed by atoms with E-state index < -0.39 is 19.9 Å². The minimum absolute atomic E-state index is 0.0135. The van der Waals surface area contributed by atoms with Crippen LogP contribution < -0.4 is 4.89 Å². The van der Waals surface area contributed by atoms with Crippen LogP contribution in [0.25, 0.3) is 0 Å². The molecule has 0 aromatic carbocycles. The summed E-state index contributed by atoms with van der Waals surface area (Å²) in [5.74, 6) is -0.411. The molecule has 0 spiro atoms. The van der Waals surface area contributed by atoms with E-state index in [1.165, 1.54) is 128 Å². The van der Waals surface area contributed by atoms with E-state index in [1.807, 2.05) is 33.3 Å². The van der Waals surface area contributed by atoms with Crippen LogP contribution in [0.1, 0.15) is 194 Å². The SMILES string of the molecule is CC/C=C\C/C=C\C/C=C\C/C=C\CCC(=O)OC(COCCCCCCCCCCCCCCCCCCCCCCCC)COP(=O)([O-])OCC[N+](C)(C)C. The number of allylic oxidation sites excluding steroid dienone is 8. The van der Waals surface area contributed by atoms with Gasteiger partial charge in [0.15, 0.2) is 0 Å². The Morgan fingerprint density at radius 2 is 0.982 bits per heavy atom. The second-order valence-electron chi connectivity index (χ2n) is 16.7. The second-order valence-corrected chi connectivity index (χ2v) is 18.2. The molecule has 0 fully saturated rings. The Kier molecular flexibility index (Phi) is 40.1. The van der Waals surface area contributed by atoms with Crippen LogP contribution in [0.5, 0.6) is 0 Å². The van der Waals surface area contributed by atoms with Crippen LogP contribution in [-0.2, 0) is 27.9 Å². The zero-order valence-corrected chi connectivity index (χ0v) is 38.7. The maximum absolute atomic E-state index is 12.6. The molecule has 0 radical (unpaired) electrons. The number of nitrogens with zero attached hydrogens (tertiary/aromatic N) is 1. The Bertz CT molecular complexity index is 1050. The summed E-state index contributed by atoms with van der Waals surface area (Å²) in [5.41, 5.74) is 0.